The first-order valence-corrected chi connectivity index (χ1v) is 10.6. The molecule has 0 saturated heterocycles. The summed E-state index contributed by atoms with van der Waals surface area (Å²) in [4.78, 5) is 32.1. The second-order valence-electron chi connectivity index (χ2n) is 7.51. The molecule has 30 heavy (non-hydrogen) atoms. The van der Waals surface area contributed by atoms with Crippen LogP contribution < -0.4 is 10.9 Å². The number of aromatic nitrogens is 2. The van der Waals surface area contributed by atoms with E-state index in [-0.39, 0.29) is 26.7 Å². The Labute approximate surface area is 169 Å². The highest BCUT2D eigenvalue weighted by atomic mass is 32.2. The summed E-state index contributed by atoms with van der Waals surface area (Å²) in [5, 5.41) is 1.39. The average Bonchev–Trinajstić information content (AvgIpc) is 2.67. The van der Waals surface area contributed by atoms with E-state index in [0.717, 1.165) is 5.56 Å². The van der Waals surface area contributed by atoms with E-state index in [4.69, 9.17) is 0 Å². The molecule has 7 nitrogen and oxygen atoms in total. The van der Waals surface area contributed by atoms with Crippen molar-refractivity contribution in [2.45, 2.75) is 18.7 Å². The van der Waals surface area contributed by atoms with Gasteiger partial charge in [-0.1, -0.05) is 17.7 Å². The van der Waals surface area contributed by atoms with Gasteiger partial charge >= 0.3 is 0 Å². The molecule has 2 aromatic heterocycles. The van der Waals surface area contributed by atoms with Crippen LogP contribution in [0.5, 0.6) is 0 Å². The van der Waals surface area contributed by atoms with Crippen molar-refractivity contribution in [1.82, 2.24) is 9.97 Å². The molecule has 0 fully saturated rings. The van der Waals surface area contributed by atoms with Gasteiger partial charge in [-0.2, -0.15) is 8.42 Å². The van der Waals surface area contributed by atoms with E-state index in [1.807, 2.05) is 19.1 Å². The van der Waals surface area contributed by atoms with Crippen LogP contribution in [-0.2, 0) is 10.1 Å². The van der Waals surface area contributed by atoms with Gasteiger partial charge in [-0.3, -0.25) is 14.1 Å². The number of hydrogen-bond acceptors (Lipinski definition) is 4. The third-order valence-electron chi connectivity index (χ3n) is 5.48. The Morgan fingerprint density at radius 3 is 2.10 bits per heavy atom. The standard InChI is InChI=1S/C22H16N2O5S/c1-10-3-5-15-12(7-10)21(25)13-8-17-14(9-16(13)23-15)22(26)19-11(2)4-6-18(20(19)24-17)30(27,28)29/h3-9H,1-2H3,(H,23,25)(H,24,26)(H,27,28,29). The minimum absolute atomic E-state index is 0.0161. The van der Waals surface area contributed by atoms with Crippen molar-refractivity contribution in [1.29, 1.82) is 0 Å². The third kappa shape index (κ3) is 2.58. The van der Waals surface area contributed by atoms with E-state index in [1.165, 1.54) is 12.1 Å². The molecule has 0 bridgehead atoms. The Morgan fingerprint density at radius 2 is 1.40 bits per heavy atom. The fourth-order valence-corrected chi connectivity index (χ4v) is 4.67. The van der Waals surface area contributed by atoms with Crippen molar-refractivity contribution in [2.75, 3.05) is 0 Å². The van der Waals surface area contributed by atoms with Gasteiger partial charge in [0.15, 0.2) is 10.9 Å². The highest BCUT2D eigenvalue weighted by Crippen LogP contribution is 2.26. The smallest absolute Gasteiger partial charge is 0.296 e. The minimum Gasteiger partial charge on any atom is -0.354 e. The van der Waals surface area contributed by atoms with Gasteiger partial charge in [0.25, 0.3) is 10.1 Å². The molecule has 5 rings (SSSR count). The van der Waals surface area contributed by atoms with Crippen molar-refractivity contribution in [3.05, 3.63) is 74.0 Å². The number of nitrogens with one attached hydrogen (secondary N) is 2. The average molecular weight is 420 g/mol. The maximum atomic E-state index is 13.2. The fourth-order valence-electron chi connectivity index (χ4n) is 4.02. The van der Waals surface area contributed by atoms with E-state index in [0.29, 0.717) is 38.3 Å². The van der Waals surface area contributed by atoms with Gasteiger partial charge in [0, 0.05) is 21.7 Å². The molecule has 0 unspecified atom stereocenters. The Kier molecular flexibility index (Phi) is 3.71. The van der Waals surface area contributed by atoms with E-state index in [2.05, 4.69) is 9.97 Å². The predicted octanol–water partition coefficient (Wildman–Crippen LogP) is 3.54. The van der Waals surface area contributed by atoms with Gasteiger partial charge in [-0.05, 0) is 49.7 Å². The van der Waals surface area contributed by atoms with Crippen LogP contribution in [0.2, 0.25) is 0 Å². The van der Waals surface area contributed by atoms with Crippen LogP contribution in [-0.4, -0.2) is 22.9 Å². The largest absolute Gasteiger partial charge is 0.354 e. The molecule has 0 saturated carbocycles. The highest BCUT2D eigenvalue weighted by molar-refractivity contribution is 7.86. The molecule has 8 heteroatoms. The normalized spacial score (nSPS) is 12.4. The summed E-state index contributed by atoms with van der Waals surface area (Å²) in [7, 11) is -4.55. The lowest BCUT2D eigenvalue weighted by molar-refractivity contribution is 0.484. The Balaban J connectivity index is 2.02. The summed E-state index contributed by atoms with van der Waals surface area (Å²) in [5.41, 5.74) is 2.45. The zero-order valence-corrected chi connectivity index (χ0v) is 16.8. The first-order valence-electron chi connectivity index (χ1n) is 9.18. The van der Waals surface area contributed by atoms with Crippen LogP contribution in [0.1, 0.15) is 11.1 Å². The number of aromatic amines is 2. The fraction of sp³-hybridized carbons (Fsp3) is 0.0909. The zero-order chi connectivity index (χ0) is 21.4. The molecular weight excluding hydrogens is 404 g/mol. The Morgan fingerprint density at radius 1 is 0.767 bits per heavy atom. The quantitative estimate of drug-likeness (QED) is 0.283. The molecule has 0 aliphatic carbocycles. The molecule has 0 aliphatic heterocycles. The molecule has 2 heterocycles. The monoisotopic (exact) mass is 420 g/mol. The lowest BCUT2D eigenvalue weighted by atomic mass is 10.0. The highest BCUT2D eigenvalue weighted by Gasteiger charge is 2.19. The SMILES string of the molecule is Cc1ccc2[nH]c3cc4c(=O)c5c(C)ccc(S(=O)(=O)O)c5[nH]c4cc3c(=O)c2c1. The lowest BCUT2D eigenvalue weighted by Crippen LogP contribution is -2.11. The van der Waals surface area contributed by atoms with E-state index in [9.17, 15) is 22.6 Å². The van der Waals surface area contributed by atoms with Crippen molar-refractivity contribution in [2.24, 2.45) is 0 Å². The van der Waals surface area contributed by atoms with Crippen LogP contribution >= 0.6 is 0 Å². The summed E-state index contributed by atoms with van der Waals surface area (Å²) in [6.45, 7) is 3.59. The number of fused-ring (bicyclic) bond motifs is 4. The topological polar surface area (TPSA) is 120 Å². The van der Waals surface area contributed by atoms with Gasteiger partial charge < -0.3 is 9.97 Å². The van der Waals surface area contributed by atoms with Crippen LogP contribution in [0.4, 0.5) is 0 Å². The number of benzene rings is 3. The number of H-pyrrole nitrogens is 2. The van der Waals surface area contributed by atoms with Crippen LogP contribution in [0.15, 0.2) is 56.9 Å². The van der Waals surface area contributed by atoms with Crippen molar-refractivity contribution >= 4 is 53.7 Å². The van der Waals surface area contributed by atoms with Gasteiger partial charge in [0.05, 0.1) is 21.9 Å². The van der Waals surface area contributed by atoms with Crippen LogP contribution in [0, 0.1) is 13.8 Å². The number of pyridine rings is 2. The maximum absolute atomic E-state index is 13.2. The number of aryl methyl sites for hydroxylation is 2. The van der Waals surface area contributed by atoms with E-state index >= 15 is 0 Å². The molecule has 3 aromatic carbocycles. The van der Waals surface area contributed by atoms with Crippen molar-refractivity contribution in [3.63, 3.8) is 0 Å². The molecule has 5 aromatic rings. The molecule has 3 N–H and O–H groups in total. The van der Waals surface area contributed by atoms with E-state index < -0.39 is 10.1 Å². The molecule has 0 radical (unpaired) electrons. The van der Waals surface area contributed by atoms with Gasteiger partial charge in [0.1, 0.15) is 4.90 Å². The molecule has 0 aliphatic rings. The number of hydrogen-bond donors (Lipinski definition) is 3. The Bertz CT molecular complexity index is 1780. The van der Waals surface area contributed by atoms with Crippen molar-refractivity contribution < 1.29 is 13.0 Å². The van der Waals surface area contributed by atoms with Gasteiger partial charge in [0.2, 0.25) is 0 Å². The first-order chi connectivity index (χ1) is 14.1. The second-order valence-corrected chi connectivity index (χ2v) is 8.90. The summed E-state index contributed by atoms with van der Waals surface area (Å²) >= 11 is 0. The Hall–Kier alpha value is -3.49. The first kappa shape index (κ1) is 18.5. The van der Waals surface area contributed by atoms with Gasteiger partial charge in [-0.25, -0.2) is 0 Å². The van der Waals surface area contributed by atoms with Crippen LogP contribution in [0.3, 0.4) is 0 Å². The summed E-state index contributed by atoms with van der Waals surface area (Å²) in [5.74, 6) is 0. The second kappa shape index (κ2) is 6.01. The van der Waals surface area contributed by atoms with Crippen molar-refractivity contribution in [3.8, 4) is 0 Å². The molecule has 150 valence electrons. The molecule has 0 amide bonds. The van der Waals surface area contributed by atoms with Gasteiger partial charge in [-0.15, -0.1) is 0 Å². The van der Waals surface area contributed by atoms with Crippen LogP contribution in [0.25, 0.3) is 43.6 Å². The van der Waals surface area contributed by atoms with E-state index in [1.54, 1.807) is 25.1 Å². The lowest BCUT2D eigenvalue weighted by Gasteiger charge is -2.10. The molecule has 0 atom stereocenters. The molecule has 0 spiro atoms. The number of rotatable bonds is 1. The molecular formula is C22H16N2O5S. The third-order valence-corrected chi connectivity index (χ3v) is 6.37. The summed E-state index contributed by atoms with van der Waals surface area (Å²) < 4.78 is 33.3. The maximum Gasteiger partial charge on any atom is 0.296 e. The summed E-state index contributed by atoms with van der Waals surface area (Å²) in [6, 6.07) is 11.4. The minimum atomic E-state index is -4.55. The summed E-state index contributed by atoms with van der Waals surface area (Å²) in [6.07, 6.45) is 0. The predicted molar refractivity (Wildman–Crippen MR) is 117 cm³/mol. The zero-order valence-electron chi connectivity index (χ0n) is 16.0.